The van der Waals surface area contributed by atoms with Crippen molar-refractivity contribution in [2.45, 2.75) is 51.6 Å². The Balaban J connectivity index is 1.98. The van der Waals surface area contributed by atoms with Gasteiger partial charge in [-0.25, -0.2) is 4.98 Å². The van der Waals surface area contributed by atoms with E-state index >= 15 is 0 Å². The fourth-order valence-corrected chi connectivity index (χ4v) is 2.39. The van der Waals surface area contributed by atoms with Crippen LogP contribution in [0.25, 0.3) is 11.0 Å². The van der Waals surface area contributed by atoms with Gasteiger partial charge in [0.2, 0.25) is 5.95 Å². The van der Waals surface area contributed by atoms with E-state index in [0.717, 1.165) is 29.8 Å². The summed E-state index contributed by atoms with van der Waals surface area (Å²) in [6, 6.07) is 3.24. The second-order valence-electron chi connectivity index (χ2n) is 5.08. The second-order valence-corrected chi connectivity index (χ2v) is 5.08. The molecule has 0 atom stereocenters. The highest BCUT2D eigenvalue weighted by Gasteiger charge is 2.22. The molecule has 0 aliphatic heterocycles. The number of aromatic nitrogens is 3. The zero-order chi connectivity index (χ0) is 12.5. The van der Waals surface area contributed by atoms with E-state index in [0.29, 0.717) is 12.1 Å². The molecule has 1 aliphatic carbocycles. The molecule has 1 saturated carbocycles. The Hall–Kier alpha value is -1.58. The summed E-state index contributed by atoms with van der Waals surface area (Å²) in [6.45, 7) is 4.45. The third-order valence-electron chi connectivity index (χ3n) is 3.70. The lowest BCUT2D eigenvalue weighted by molar-refractivity contribution is 0.483. The zero-order valence-electron chi connectivity index (χ0n) is 11.1. The van der Waals surface area contributed by atoms with Crippen LogP contribution >= 0.6 is 0 Å². The van der Waals surface area contributed by atoms with Gasteiger partial charge in [0.05, 0.1) is 0 Å². The number of hydrogen-bond acceptors (Lipinski definition) is 3. The van der Waals surface area contributed by atoms with E-state index < -0.39 is 0 Å². The average molecular weight is 244 g/mol. The van der Waals surface area contributed by atoms with Gasteiger partial charge in [0.15, 0.2) is 0 Å². The minimum Gasteiger partial charge on any atom is -0.351 e. The van der Waals surface area contributed by atoms with E-state index in [9.17, 15) is 0 Å². The maximum atomic E-state index is 4.67. The molecule has 1 N–H and O–H groups in total. The van der Waals surface area contributed by atoms with E-state index in [4.69, 9.17) is 0 Å². The Morgan fingerprint density at radius 2 is 2.17 bits per heavy atom. The molecule has 3 rings (SSSR count). The average Bonchev–Trinajstić information content (AvgIpc) is 3.11. The molecule has 2 aromatic rings. The molecule has 2 aromatic heterocycles. The summed E-state index contributed by atoms with van der Waals surface area (Å²) in [7, 11) is 0. The fraction of sp³-hybridized carbons (Fsp3) is 0.571. The van der Waals surface area contributed by atoms with E-state index in [2.05, 4.69) is 46.0 Å². The number of nitrogens with one attached hydrogen (secondary N) is 1. The Morgan fingerprint density at radius 1 is 1.39 bits per heavy atom. The third-order valence-corrected chi connectivity index (χ3v) is 3.70. The van der Waals surface area contributed by atoms with Gasteiger partial charge in [-0.05, 0) is 31.7 Å². The summed E-state index contributed by atoms with van der Waals surface area (Å²) in [5.41, 5.74) is 1.06. The smallest absolute Gasteiger partial charge is 0.224 e. The lowest BCUT2D eigenvalue weighted by Gasteiger charge is -2.15. The second kappa shape index (κ2) is 4.59. The fourth-order valence-electron chi connectivity index (χ4n) is 2.39. The van der Waals surface area contributed by atoms with Crippen LogP contribution in [0, 0.1) is 0 Å². The number of nitrogens with zero attached hydrogens (tertiary/aromatic N) is 3. The summed E-state index contributed by atoms with van der Waals surface area (Å²) in [6.07, 6.45) is 8.82. The van der Waals surface area contributed by atoms with E-state index in [1.807, 2.05) is 6.20 Å². The molecule has 2 heterocycles. The molecule has 0 spiro atoms. The van der Waals surface area contributed by atoms with Crippen molar-refractivity contribution in [3.8, 4) is 0 Å². The predicted molar refractivity (Wildman–Crippen MR) is 73.8 cm³/mol. The summed E-state index contributed by atoms with van der Waals surface area (Å²) in [4.78, 5) is 9.05. The van der Waals surface area contributed by atoms with Crippen molar-refractivity contribution in [1.82, 2.24) is 14.5 Å². The van der Waals surface area contributed by atoms with Gasteiger partial charge in [-0.1, -0.05) is 13.8 Å². The van der Waals surface area contributed by atoms with Crippen LogP contribution in [0.15, 0.2) is 18.5 Å². The molecule has 4 nitrogen and oxygen atoms in total. The Labute approximate surface area is 107 Å². The predicted octanol–water partition coefficient (Wildman–Crippen LogP) is 3.37. The first-order valence-corrected chi connectivity index (χ1v) is 6.92. The Morgan fingerprint density at radius 3 is 2.83 bits per heavy atom. The monoisotopic (exact) mass is 244 g/mol. The molecule has 0 amide bonds. The van der Waals surface area contributed by atoms with Crippen LogP contribution in [0.1, 0.15) is 45.6 Å². The van der Waals surface area contributed by atoms with Crippen molar-refractivity contribution in [1.29, 1.82) is 0 Å². The molecular formula is C14H20N4. The first kappa shape index (κ1) is 11.5. The standard InChI is InChI=1S/C14H20N4/c1-3-12(4-2)18-8-7-10-9-15-14(17-13(10)18)16-11-5-6-11/h7-9,11-12H,3-6H2,1-2H3,(H,15,16,17). The van der Waals surface area contributed by atoms with Crippen LogP contribution in [0.4, 0.5) is 5.95 Å². The summed E-state index contributed by atoms with van der Waals surface area (Å²) >= 11 is 0. The zero-order valence-corrected chi connectivity index (χ0v) is 11.1. The number of fused-ring (bicyclic) bond motifs is 1. The lowest BCUT2D eigenvalue weighted by atomic mass is 10.2. The summed E-state index contributed by atoms with van der Waals surface area (Å²) in [5.74, 6) is 0.774. The number of anilines is 1. The quantitative estimate of drug-likeness (QED) is 0.877. The highest BCUT2D eigenvalue weighted by molar-refractivity contribution is 5.76. The van der Waals surface area contributed by atoms with E-state index in [-0.39, 0.29) is 0 Å². The molecule has 1 fully saturated rings. The Bertz CT molecular complexity index is 538. The first-order valence-electron chi connectivity index (χ1n) is 6.92. The van der Waals surface area contributed by atoms with Gasteiger partial charge in [0, 0.05) is 29.9 Å². The van der Waals surface area contributed by atoms with Crippen LogP contribution in [0.2, 0.25) is 0 Å². The molecular weight excluding hydrogens is 224 g/mol. The number of hydrogen-bond donors (Lipinski definition) is 1. The molecule has 0 unspecified atom stereocenters. The van der Waals surface area contributed by atoms with Crippen molar-refractivity contribution in [3.05, 3.63) is 18.5 Å². The van der Waals surface area contributed by atoms with Gasteiger partial charge in [-0.2, -0.15) is 4.98 Å². The van der Waals surface area contributed by atoms with Crippen molar-refractivity contribution in [2.75, 3.05) is 5.32 Å². The van der Waals surface area contributed by atoms with Gasteiger partial charge >= 0.3 is 0 Å². The molecule has 0 bridgehead atoms. The van der Waals surface area contributed by atoms with Crippen LogP contribution in [-0.2, 0) is 0 Å². The van der Waals surface area contributed by atoms with E-state index in [1.54, 1.807) is 0 Å². The maximum Gasteiger partial charge on any atom is 0.224 e. The van der Waals surface area contributed by atoms with Gasteiger partial charge in [0.25, 0.3) is 0 Å². The SMILES string of the molecule is CCC(CC)n1ccc2cnc(NC3CC3)nc21. The minimum atomic E-state index is 0.533. The highest BCUT2D eigenvalue weighted by Crippen LogP contribution is 2.26. The van der Waals surface area contributed by atoms with Crippen molar-refractivity contribution < 1.29 is 0 Å². The molecule has 96 valence electrons. The summed E-state index contributed by atoms with van der Waals surface area (Å²) < 4.78 is 2.29. The topological polar surface area (TPSA) is 42.7 Å². The van der Waals surface area contributed by atoms with E-state index in [1.165, 1.54) is 12.8 Å². The minimum absolute atomic E-state index is 0.533. The maximum absolute atomic E-state index is 4.67. The molecule has 18 heavy (non-hydrogen) atoms. The Kier molecular flexibility index (Phi) is 2.94. The van der Waals surface area contributed by atoms with Gasteiger partial charge < -0.3 is 9.88 Å². The largest absolute Gasteiger partial charge is 0.351 e. The highest BCUT2D eigenvalue weighted by atomic mass is 15.2. The van der Waals surface area contributed by atoms with Crippen molar-refractivity contribution in [3.63, 3.8) is 0 Å². The molecule has 0 radical (unpaired) electrons. The summed E-state index contributed by atoms with van der Waals surface area (Å²) in [5, 5.41) is 4.49. The molecule has 1 aliphatic rings. The molecule has 4 heteroatoms. The normalized spacial score (nSPS) is 15.5. The molecule has 0 saturated heterocycles. The van der Waals surface area contributed by atoms with Gasteiger partial charge in [-0.3, -0.25) is 0 Å². The van der Waals surface area contributed by atoms with Gasteiger partial charge in [-0.15, -0.1) is 0 Å². The van der Waals surface area contributed by atoms with Crippen LogP contribution in [0.5, 0.6) is 0 Å². The lowest BCUT2D eigenvalue weighted by Crippen LogP contribution is -2.09. The van der Waals surface area contributed by atoms with Gasteiger partial charge in [0.1, 0.15) is 5.65 Å². The van der Waals surface area contributed by atoms with Crippen molar-refractivity contribution in [2.24, 2.45) is 0 Å². The molecule has 0 aromatic carbocycles. The van der Waals surface area contributed by atoms with Crippen molar-refractivity contribution >= 4 is 17.0 Å². The first-order chi connectivity index (χ1) is 8.81. The third kappa shape index (κ3) is 2.07. The number of rotatable bonds is 5. The van der Waals surface area contributed by atoms with Crippen LogP contribution in [-0.4, -0.2) is 20.6 Å². The van der Waals surface area contributed by atoms with Crippen LogP contribution < -0.4 is 5.32 Å². The van der Waals surface area contributed by atoms with Crippen LogP contribution in [0.3, 0.4) is 0 Å².